The van der Waals surface area contributed by atoms with Crippen LogP contribution in [0.2, 0.25) is 0 Å². The highest BCUT2D eigenvalue weighted by Gasteiger charge is 1.64. The molecule has 0 amide bonds. The van der Waals surface area contributed by atoms with Crippen molar-refractivity contribution in [3.05, 3.63) is 0 Å². The summed E-state index contributed by atoms with van der Waals surface area (Å²) in [5, 5.41) is 0. The molecule has 0 spiro atoms. The lowest BCUT2D eigenvalue weighted by Crippen LogP contribution is -1.90. The summed E-state index contributed by atoms with van der Waals surface area (Å²) in [5.74, 6) is 0. The van der Waals surface area contributed by atoms with E-state index in [1.807, 2.05) is 6.92 Å². The summed E-state index contributed by atoms with van der Waals surface area (Å²) in [4.78, 5) is 0. The zero-order valence-electron chi connectivity index (χ0n) is 3.32. The molecule has 0 atom stereocenters. The van der Waals surface area contributed by atoms with Gasteiger partial charge in [0.25, 0.3) is 0 Å². The van der Waals surface area contributed by atoms with Gasteiger partial charge in [0.2, 0.25) is 0 Å². The first kappa shape index (κ1) is 4.92. The second-order valence-electron chi connectivity index (χ2n) is 0.637. The van der Waals surface area contributed by atoms with Crippen molar-refractivity contribution < 1.29 is 4.74 Å². The molecule has 31 valence electrons. The van der Waals surface area contributed by atoms with Crippen molar-refractivity contribution in [1.29, 1.82) is 0 Å². The third kappa shape index (κ3) is 3.92. The molecule has 0 aromatic rings. The first-order valence-electron chi connectivity index (χ1n) is 1.64. The van der Waals surface area contributed by atoms with E-state index in [-0.39, 0.29) is 6.73 Å². The molecule has 0 rings (SSSR count). The van der Waals surface area contributed by atoms with Crippen LogP contribution in [0.1, 0.15) is 6.92 Å². The fraction of sp³-hybridized carbons (Fsp3) is 1.00. The van der Waals surface area contributed by atoms with Crippen LogP contribution in [0.3, 0.4) is 0 Å². The summed E-state index contributed by atoms with van der Waals surface area (Å²) in [6, 6.07) is 0. The second-order valence-corrected chi connectivity index (χ2v) is 0.637. The van der Waals surface area contributed by atoms with Crippen molar-refractivity contribution in [2.24, 2.45) is 0 Å². The molecule has 0 unspecified atom stereocenters. The highest BCUT2D eigenvalue weighted by Crippen LogP contribution is 1.60. The molecule has 0 aromatic heterocycles. The highest BCUT2D eigenvalue weighted by molar-refractivity contribution is 4.03. The van der Waals surface area contributed by atoms with Crippen LogP contribution in [0, 0.1) is 0 Å². The van der Waals surface area contributed by atoms with Gasteiger partial charge in [-0.1, -0.05) is 0 Å². The van der Waals surface area contributed by atoms with Crippen LogP contribution in [-0.4, -0.2) is 13.3 Å². The van der Waals surface area contributed by atoms with Crippen LogP contribution < -0.4 is 5.73 Å². The second kappa shape index (κ2) is 3.92. The summed E-state index contributed by atoms with van der Waals surface area (Å²) in [5.41, 5.74) is 6.38. The molecule has 0 bridgehead atoms. The minimum absolute atomic E-state index is 0.0938. The molecular weight excluding hydrogens is 66.0 g/mol. The van der Waals surface area contributed by atoms with Crippen LogP contribution in [-0.2, 0) is 4.74 Å². The van der Waals surface area contributed by atoms with E-state index in [2.05, 4.69) is 4.74 Å². The molecule has 2 nitrogen and oxygen atoms in total. The Kier molecular flexibility index (Phi) is 3.86. The van der Waals surface area contributed by atoms with Crippen LogP contribution >= 0.6 is 0 Å². The number of hydrogen-bond donors (Lipinski definition) is 0. The highest BCUT2D eigenvalue weighted by atomic mass is 16.5. The van der Waals surface area contributed by atoms with E-state index in [4.69, 9.17) is 5.73 Å². The summed E-state index contributed by atoms with van der Waals surface area (Å²) in [6.07, 6.45) is 0. The summed E-state index contributed by atoms with van der Waals surface area (Å²) >= 11 is 0. The minimum Gasteiger partial charge on any atom is -0.365 e. The Morgan fingerprint density at radius 3 is 2.40 bits per heavy atom. The summed E-state index contributed by atoms with van der Waals surface area (Å²) < 4.78 is 4.50. The topological polar surface area (TPSA) is 33.0 Å². The van der Waals surface area contributed by atoms with Crippen molar-refractivity contribution >= 4 is 0 Å². The van der Waals surface area contributed by atoms with Gasteiger partial charge < -0.3 is 4.74 Å². The number of rotatable bonds is 2. The Hall–Kier alpha value is -0.0800. The van der Waals surface area contributed by atoms with Crippen molar-refractivity contribution in [2.75, 3.05) is 13.3 Å². The largest absolute Gasteiger partial charge is 0.365 e. The predicted octanol–water partition coefficient (Wildman–Crippen LogP) is 0.263. The minimum atomic E-state index is 0.0938. The van der Waals surface area contributed by atoms with Gasteiger partial charge in [0.15, 0.2) is 0 Å². The molecule has 0 aliphatic rings. The Morgan fingerprint density at radius 2 is 2.40 bits per heavy atom. The van der Waals surface area contributed by atoms with Crippen molar-refractivity contribution in [3.8, 4) is 0 Å². The summed E-state index contributed by atoms with van der Waals surface area (Å²) in [7, 11) is 0. The number of hydrogen-bond acceptors (Lipinski definition) is 1. The molecular formula is C3H8NO. The van der Waals surface area contributed by atoms with Crippen LogP contribution in [0.4, 0.5) is 0 Å². The summed E-state index contributed by atoms with van der Waals surface area (Å²) in [6.45, 7) is 2.62. The van der Waals surface area contributed by atoms with E-state index in [9.17, 15) is 0 Å². The van der Waals surface area contributed by atoms with Crippen LogP contribution in [0.25, 0.3) is 0 Å². The molecule has 0 saturated carbocycles. The molecule has 0 aliphatic heterocycles. The Labute approximate surface area is 31.9 Å². The quantitative estimate of drug-likeness (QED) is 0.462. The number of nitrogens with one attached hydrogen (secondary N) is 1. The van der Waals surface area contributed by atoms with Gasteiger partial charge in [-0.05, 0) is 6.92 Å². The zero-order chi connectivity index (χ0) is 4.12. The molecule has 2 heteroatoms. The fourth-order valence-electron chi connectivity index (χ4n) is 0.102. The molecule has 0 heterocycles. The average molecular weight is 74.1 g/mol. The molecule has 5 heavy (non-hydrogen) atoms. The van der Waals surface area contributed by atoms with E-state index in [0.29, 0.717) is 6.61 Å². The molecule has 0 saturated heterocycles. The lowest BCUT2D eigenvalue weighted by Gasteiger charge is -1.85. The van der Waals surface area contributed by atoms with Gasteiger partial charge in [-0.2, -0.15) is 0 Å². The molecule has 1 radical (unpaired) electrons. The van der Waals surface area contributed by atoms with Gasteiger partial charge in [0.1, 0.15) is 6.73 Å². The van der Waals surface area contributed by atoms with E-state index < -0.39 is 0 Å². The molecule has 0 aliphatic carbocycles. The van der Waals surface area contributed by atoms with Crippen molar-refractivity contribution in [1.82, 2.24) is 5.73 Å². The van der Waals surface area contributed by atoms with Gasteiger partial charge >= 0.3 is 0 Å². The third-order valence-electron chi connectivity index (χ3n) is 0.306. The molecule has 0 fully saturated rings. The van der Waals surface area contributed by atoms with Crippen LogP contribution in [0.15, 0.2) is 0 Å². The van der Waals surface area contributed by atoms with Crippen molar-refractivity contribution in [2.45, 2.75) is 6.92 Å². The fourth-order valence-corrected chi connectivity index (χ4v) is 0.102. The smallest absolute Gasteiger partial charge is 0.109 e. The van der Waals surface area contributed by atoms with Gasteiger partial charge in [-0.3, -0.25) is 0 Å². The normalized spacial score (nSPS) is 8.40. The lowest BCUT2D eigenvalue weighted by molar-refractivity contribution is 0.150. The Morgan fingerprint density at radius 1 is 1.80 bits per heavy atom. The predicted molar refractivity (Wildman–Crippen MR) is 19.6 cm³/mol. The van der Waals surface area contributed by atoms with E-state index >= 15 is 0 Å². The molecule has 0 aromatic carbocycles. The van der Waals surface area contributed by atoms with Gasteiger partial charge in [-0.25, -0.2) is 5.73 Å². The van der Waals surface area contributed by atoms with Gasteiger partial charge in [0, 0.05) is 6.61 Å². The lowest BCUT2D eigenvalue weighted by atomic mass is 10.9. The Bertz CT molecular complexity index is 14.4. The first-order valence-corrected chi connectivity index (χ1v) is 1.64. The van der Waals surface area contributed by atoms with Gasteiger partial charge in [0.05, 0.1) is 0 Å². The maximum atomic E-state index is 6.38. The maximum Gasteiger partial charge on any atom is 0.109 e. The first-order chi connectivity index (χ1) is 2.41. The third-order valence-corrected chi connectivity index (χ3v) is 0.306. The Balaban J connectivity index is 2.19. The van der Waals surface area contributed by atoms with Gasteiger partial charge in [-0.15, -0.1) is 0 Å². The number of ether oxygens (including phenoxy) is 1. The zero-order valence-corrected chi connectivity index (χ0v) is 3.32. The standard InChI is InChI=1S/C3H8NO/c1-2-5-3-4/h4H,2-3H2,1H3. The monoisotopic (exact) mass is 74.1 g/mol. The van der Waals surface area contributed by atoms with Crippen molar-refractivity contribution in [3.63, 3.8) is 0 Å². The molecule has 1 N–H and O–H groups in total. The SMILES string of the molecule is CCOC[NH]. The van der Waals surface area contributed by atoms with Crippen LogP contribution in [0.5, 0.6) is 0 Å². The van der Waals surface area contributed by atoms with E-state index in [1.54, 1.807) is 0 Å². The maximum absolute atomic E-state index is 6.38. The average Bonchev–Trinajstić information content (AvgIpc) is 1.41. The van der Waals surface area contributed by atoms with E-state index in [0.717, 1.165) is 0 Å². The van der Waals surface area contributed by atoms with E-state index in [1.165, 1.54) is 0 Å².